The van der Waals surface area contributed by atoms with Crippen LogP contribution in [0.1, 0.15) is 18.4 Å². The summed E-state index contributed by atoms with van der Waals surface area (Å²) in [5, 5.41) is 5.49. The van der Waals surface area contributed by atoms with E-state index >= 15 is 0 Å². The van der Waals surface area contributed by atoms with Gasteiger partial charge in [-0.25, -0.2) is 0 Å². The number of amides is 2. The van der Waals surface area contributed by atoms with Crippen LogP contribution in [0.4, 0.5) is 0 Å². The summed E-state index contributed by atoms with van der Waals surface area (Å²) in [4.78, 5) is 22.8. The maximum Gasteiger partial charge on any atom is 0.243 e. The SMILES string of the molecule is O=C1CCC(NCc2cccc3c2OCCO3)C(=O)N1. The highest BCUT2D eigenvalue weighted by atomic mass is 16.6. The van der Waals surface area contributed by atoms with E-state index in [9.17, 15) is 9.59 Å². The second kappa shape index (κ2) is 5.50. The number of benzene rings is 1. The third-order valence-electron chi connectivity index (χ3n) is 3.43. The number of hydrogen-bond donors (Lipinski definition) is 2. The van der Waals surface area contributed by atoms with Gasteiger partial charge in [0.25, 0.3) is 0 Å². The Hall–Kier alpha value is -2.08. The number of ether oxygens (including phenoxy) is 2. The Morgan fingerprint density at radius 1 is 1.25 bits per heavy atom. The first-order valence-corrected chi connectivity index (χ1v) is 6.68. The molecule has 0 bridgehead atoms. The molecule has 2 aliphatic rings. The van der Waals surface area contributed by atoms with E-state index in [1.807, 2.05) is 18.2 Å². The van der Waals surface area contributed by atoms with E-state index < -0.39 is 0 Å². The highest BCUT2D eigenvalue weighted by molar-refractivity contribution is 6.00. The van der Waals surface area contributed by atoms with Crippen molar-refractivity contribution < 1.29 is 19.1 Å². The number of fused-ring (bicyclic) bond motifs is 1. The molecule has 106 valence electrons. The average molecular weight is 276 g/mol. The van der Waals surface area contributed by atoms with Gasteiger partial charge in [0.15, 0.2) is 11.5 Å². The third-order valence-corrected chi connectivity index (χ3v) is 3.43. The van der Waals surface area contributed by atoms with Crippen molar-refractivity contribution >= 4 is 11.8 Å². The van der Waals surface area contributed by atoms with Gasteiger partial charge in [-0.05, 0) is 12.5 Å². The summed E-state index contributed by atoms with van der Waals surface area (Å²) in [6.45, 7) is 1.58. The fraction of sp³-hybridized carbons (Fsp3) is 0.429. The lowest BCUT2D eigenvalue weighted by atomic mass is 10.1. The normalized spacial score (nSPS) is 21.5. The Bertz CT molecular complexity index is 544. The van der Waals surface area contributed by atoms with Gasteiger partial charge in [0.05, 0.1) is 6.04 Å². The number of carbonyl (C=O) groups is 2. The van der Waals surface area contributed by atoms with Crippen LogP contribution in [0.3, 0.4) is 0 Å². The predicted molar refractivity (Wildman–Crippen MR) is 70.4 cm³/mol. The summed E-state index contributed by atoms with van der Waals surface area (Å²) < 4.78 is 11.1. The van der Waals surface area contributed by atoms with Crippen LogP contribution in [0.25, 0.3) is 0 Å². The van der Waals surface area contributed by atoms with Crippen LogP contribution in [-0.4, -0.2) is 31.1 Å². The number of rotatable bonds is 3. The molecule has 1 aromatic rings. The highest BCUT2D eigenvalue weighted by Gasteiger charge is 2.26. The van der Waals surface area contributed by atoms with E-state index in [1.165, 1.54) is 0 Å². The van der Waals surface area contributed by atoms with Crippen LogP contribution in [0, 0.1) is 0 Å². The Kier molecular flexibility index (Phi) is 3.56. The van der Waals surface area contributed by atoms with E-state index in [1.54, 1.807) is 0 Å². The molecule has 2 heterocycles. The maximum atomic E-state index is 11.7. The molecule has 1 unspecified atom stereocenters. The Morgan fingerprint density at radius 2 is 2.10 bits per heavy atom. The fourth-order valence-corrected chi connectivity index (χ4v) is 2.39. The molecule has 2 amide bonds. The first-order chi connectivity index (χ1) is 9.74. The summed E-state index contributed by atoms with van der Waals surface area (Å²) in [7, 11) is 0. The molecule has 20 heavy (non-hydrogen) atoms. The second-order valence-electron chi connectivity index (χ2n) is 4.83. The van der Waals surface area contributed by atoms with E-state index in [4.69, 9.17) is 9.47 Å². The Labute approximate surface area is 116 Å². The van der Waals surface area contributed by atoms with Gasteiger partial charge in [0, 0.05) is 18.5 Å². The van der Waals surface area contributed by atoms with Gasteiger partial charge in [-0.2, -0.15) is 0 Å². The van der Waals surface area contributed by atoms with Gasteiger partial charge in [-0.3, -0.25) is 14.9 Å². The van der Waals surface area contributed by atoms with Crippen molar-refractivity contribution in [2.75, 3.05) is 13.2 Å². The standard InChI is InChI=1S/C14H16N2O4/c17-12-5-4-10(14(18)16-12)15-8-9-2-1-3-11-13(9)20-7-6-19-11/h1-3,10,15H,4-8H2,(H,16,17,18). The smallest absolute Gasteiger partial charge is 0.243 e. The molecule has 2 aliphatic heterocycles. The molecule has 0 radical (unpaired) electrons. The molecule has 3 rings (SSSR count). The molecule has 0 aromatic heterocycles. The Morgan fingerprint density at radius 3 is 2.95 bits per heavy atom. The summed E-state index contributed by atoms with van der Waals surface area (Å²) in [5.41, 5.74) is 0.951. The summed E-state index contributed by atoms with van der Waals surface area (Å²) in [6, 6.07) is 5.36. The molecular formula is C14H16N2O4. The zero-order chi connectivity index (χ0) is 13.9. The molecule has 1 saturated heterocycles. The minimum absolute atomic E-state index is 0.207. The van der Waals surface area contributed by atoms with Crippen molar-refractivity contribution in [2.24, 2.45) is 0 Å². The maximum absolute atomic E-state index is 11.7. The van der Waals surface area contributed by atoms with Crippen molar-refractivity contribution in [3.05, 3.63) is 23.8 Å². The van der Waals surface area contributed by atoms with Crippen LogP contribution >= 0.6 is 0 Å². The first-order valence-electron chi connectivity index (χ1n) is 6.68. The van der Waals surface area contributed by atoms with E-state index in [2.05, 4.69) is 10.6 Å². The molecule has 6 nitrogen and oxygen atoms in total. The Balaban J connectivity index is 1.67. The molecule has 0 spiro atoms. The van der Waals surface area contributed by atoms with E-state index in [0.717, 1.165) is 17.1 Å². The molecule has 6 heteroatoms. The number of carbonyl (C=O) groups excluding carboxylic acids is 2. The van der Waals surface area contributed by atoms with Crippen molar-refractivity contribution in [3.8, 4) is 11.5 Å². The average Bonchev–Trinajstić information content (AvgIpc) is 2.46. The van der Waals surface area contributed by atoms with Crippen molar-refractivity contribution in [3.63, 3.8) is 0 Å². The van der Waals surface area contributed by atoms with Crippen molar-refractivity contribution in [1.29, 1.82) is 0 Å². The van der Waals surface area contributed by atoms with Gasteiger partial charge < -0.3 is 14.8 Å². The molecule has 0 saturated carbocycles. The number of imide groups is 1. The van der Waals surface area contributed by atoms with E-state index in [0.29, 0.717) is 32.6 Å². The zero-order valence-corrected chi connectivity index (χ0v) is 11.0. The van der Waals surface area contributed by atoms with Crippen LogP contribution in [0.15, 0.2) is 18.2 Å². The summed E-state index contributed by atoms with van der Waals surface area (Å²) in [5.74, 6) is 1.00. The molecular weight excluding hydrogens is 260 g/mol. The summed E-state index contributed by atoms with van der Waals surface area (Å²) in [6.07, 6.45) is 0.896. The molecule has 1 aromatic carbocycles. The van der Waals surface area contributed by atoms with Crippen molar-refractivity contribution in [2.45, 2.75) is 25.4 Å². The number of para-hydroxylation sites is 1. The van der Waals surface area contributed by atoms with Gasteiger partial charge in [-0.15, -0.1) is 0 Å². The van der Waals surface area contributed by atoms with Gasteiger partial charge in [0.1, 0.15) is 13.2 Å². The number of nitrogens with one attached hydrogen (secondary N) is 2. The molecule has 2 N–H and O–H groups in total. The van der Waals surface area contributed by atoms with Gasteiger partial charge in [-0.1, -0.05) is 12.1 Å². The minimum Gasteiger partial charge on any atom is -0.486 e. The third kappa shape index (κ3) is 2.60. The second-order valence-corrected chi connectivity index (χ2v) is 4.83. The fourth-order valence-electron chi connectivity index (χ4n) is 2.39. The zero-order valence-electron chi connectivity index (χ0n) is 11.0. The monoisotopic (exact) mass is 276 g/mol. The largest absolute Gasteiger partial charge is 0.486 e. The highest BCUT2D eigenvalue weighted by Crippen LogP contribution is 2.33. The quantitative estimate of drug-likeness (QED) is 0.779. The number of piperidine rings is 1. The van der Waals surface area contributed by atoms with Crippen molar-refractivity contribution in [1.82, 2.24) is 10.6 Å². The van der Waals surface area contributed by atoms with Gasteiger partial charge in [0.2, 0.25) is 11.8 Å². The van der Waals surface area contributed by atoms with Crippen LogP contribution in [-0.2, 0) is 16.1 Å². The van der Waals surface area contributed by atoms with E-state index in [-0.39, 0.29) is 17.9 Å². The lowest BCUT2D eigenvalue weighted by Crippen LogP contribution is -2.50. The summed E-state index contributed by atoms with van der Waals surface area (Å²) >= 11 is 0. The van der Waals surface area contributed by atoms with Crippen LogP contribution in [0.5, 0.6) is 11.5 Å². The predicted octanol–water partition coefficient (Wildman–Crippen LogP) is 0.353. The minimum atomic E-state index is -0.340. The molecule has 1 atom stereocenters. The first kappa shape index (κ1) is 12.9. The lowest BCUT2D eigenvalue weighted by molar-refractivity contribution is -0.134. The number of hydrogen-bond acceptors (Lipinski definition) is 5. The molecule has 0 aliphatic carbocycles. The molecule has 1 fully saturated rings. The van der Waals surface area contributed by atoms with Gasteiger partial charge >= 0.3 is 0 Å². The topological polar surface area (TPSA) is 76.7 Å². The lowest BCUT2D eigenvalue weighted by Gasteiger charge is -2.24. The van der Waals surface area contributed by atoms with Crippen LogP contribution < -0.4 is 20.1 Å². The van der Waals surface area contributed by atoms with Crippen LogP contribution in [0.2, 0.25) is 0 Å².